The number of carboxylic acid groups (broad SMARTS) is 1. The molecule has 1 fully saturated rings. The molecule has 1 aliphatic heterocycles. The molecule has 6 heteroatoms. The smallest absolute Gasteiger partial charge is 0.341 e. The molecule has 1 atom stereocenters. The predicted molar refractivity (Wildman–Crippen MR) is 67.1 cm³/mol. The van der Waals surface area contributed by atoms with Gasteiger partial charge in [0.05, 0.1) is 24.9 Å². The van der Waals surface area contributed by atoms with Crippen LogP contribution in [0.15, 0.2) is 0 Å². The predicted octanol–water partition coefficient (Wildman–Crippen LogP) is 1.04. The first-order chi connectivity index (χ1) is 8.56. The van der Waals surface area contributed by atoms with Gasteiger partial charge in [0.2, 0.25) is 0 Å². The van der Waals surface area contributed by atoms with Crippen molar-refractivity contribution in [2.75, 3.05) is 24.7 Å². The van der Waals surface area contributed by atoms with Crippen LogP contribution in [0.3, 0.4) is 0 Å². The van der Waals surface area contributed by atoms with Gasteiger partial charge in [0.1, 0.15) is 11.4 Å². The number of rotatable bonds is 3. The monoisotopic (exact) mass is 253 g/mol. The van der Waals surface area contributed by atoms with E-state index < -0.39 is 5.97 Å². The van der Waals surface area contributed by atoms with Gasteiger partial charge in [-0.3, -0.25) is 4.68 Å². The van der Waals surface area contributed by atoms with Crippen molar-refractivity contribution in [1.82, 2.24) is 9.78 Å². The van der Waals surface area contributed by atoms with Crippen molar-refractivity contribution in [3.05, 3.63) is 11.3 Å². The summed E-state index contributed by atoms with van der Waals surface area (Å²) in [5.41, 5.74) is 0.860. The van der Waals surface area contributed by atoms with E-state index in [-0.39, 0.29) is 6.04 Å². The first-order valence-electron chi connectivity index (χ1n) is 6.17. The van der Waals surface area contributed by atoms with Crippen molar-refractivity contribution in [2.24, 2.45) is 7.05 Å². The second-order valence-corrected chi connectivity index (χ2v) is 4.54. The molecule has 1 unspecified atom stereocenters. The number of aromatic nitrogens is 2. The van der Waals surface area contributed by atoms with Gasteiger partial charge in [-0.2, -0.15) is 5.10 Å². The molecular formula is C12H19N3O3. The van der Waals surface area contributed by atoms with Gasteiger partial charge in [-0.25, -0.2) is 4.79 Å². The Morgan fingerprint density at radius 3 is 2.94 bits per heavy atom. The maximum Gasteiger partial charge on any atom is 0.341 e. The Labute approximate surface area is 106 Å². The summed E-state index contributed by atoms with van der Waals surface area (Å²) in [4.78, 5) is 13.5. The number of carboxylic acids is 1. The topological polar surface area (TPSA) is 67.6 Å². The highest BCUT2D eigenvalue weighted by Crippen LogP contribution is 2.27. The quantitative estimate of drug-likeness (QED) is 0.871. The maximum atomic E-state index is 11.4. The van der Waals surface area contributed by atoms with Crippen LogP contribution in [0.1, 0.15) is 29.4 Å². The standard InChI is InChI=1S/C12H19N3O3/c1-4-9-7-18-6-5-15(9)11-10(12(16)17)8(2)13-14(11)3/h9H,4-7H2,1-3H3,(H,16,17). The Morgan fingerprint density at radius 1 is 1.61 bits per heavy atom. The Morgan fingerprint density at radius 2 is 2.33 bits per heavy atom. The first-order valence-corrected chi connectivity index (χ1v) is 6.17. The zero-order chi connectivity index (χ0) is 13.3. The molecule has 0 aromatic carbocycles. The molecule has 0 spiro atoms. The van der Waals surface area contributed by atoms with Crippen molar-refractivity contribution < 1.29 is 14.6 Å². The Hall–Kier alpha value is -1.56. The minimum atomic E-state index is -0.919. The van der Waals surface area contributed by atoms with Gasteiger partial charge in [-0.15, -0.1) is 0 Å². The van der Waals surface area contributed by atoms with E-state index in [9.17, 15) is 9.90 Å². The lowest BCUT2D eigenvalue weighted by Gasteiger charge is -2.36. The van der Waals surface area contributed by atoms with E-state index >= 15 is 0 Å². The van der Waals surface area contributed by atoms with Crippen LogP contribution >= 0.6 is 0 Å². The summed E-state index contributed by atoms with van der Waals surface area (Å²) < 4.78 is 7.11. The van der Waals surface area contributed by atoms with Crippen LogP contribution in [0.4, 0.5) is 5.82 Å². The van der Waals surface area contributed by atoms with E-state index in [0.717, 1.165) is 6.42 Å². The molecule has 1 N–H and O–H groups in total. The number of hydrogen-bond donors (Lipinski definition) is 1. The molecule has 1 saturated heterocycles. The van der Waals surface area contributed by atoms with E-state index in [0.29, 0.717) is 36.8 Å². The minimum Gasteiger partial charge on any atom is -0.477 e. The summed E-state index contributed by atoms with van der Waals surface area (Å²) >= 11 is 0. The average Bonchev–Trinajstić information content (AvgIpc) is 2.64. The Bertz CT molecular complexity index is 456. The number of ether oxygens (including phenoxy) is 1. The molecule has 18 heavy (non-hydrogen) atoms. The number of anilines is 1. The number of aromatic carboxylic acids is 1. The van der Waals surface area contributed by atoms with Gasteiger partial charge in [0.15, 0.2) is 0 Å². The fourth-order valence-corrected chi connectivity index (χ4v) is 2.50. The number of hydrogen-bond acceptors (Lipinski definition) is 4. The largest absolute Gasteiger partial charge is 0.477 e. The molecule has 0 saturated carbocycles. The molecule has 0 radical (unpaired) electrons. The fraction of sp³-hybridized carbons (Fsp3) is 0.667. The lowest BCUT2D eigenvalue weighted by atomic mass is 10.1. The zero-order valence-corrected chi connectivity index (χ0v) is 11.0. The van der Waals surface area contributed by atoms with Crippen molar-refractivity contribution >= 4 is 11.8 Å². The van der Waals surface area contributed by atoms with E-state index in [1.165, 1.54) is 0 Å². The van der Waals surface area contributed by atoms with Gasteiger partial charge in [0, 0.05) is 13.6 Å². The Balaban J connectivity index is 2.45. The molecule has 6 nitrogen and oxygen atoms in total. The molecule has 100 valence electrons. The normalized spacial score (nSPS) is 20.2. The maximum absolute atomic E-state index is 11.4. The van der Waals surface area contributed by atoms with E-state index in [1.54, 1.807) is 18.7 Å². The van der Waals surface area contributed by atoms with Crippen LogP contribution in [-0.2, 0) is 11.8 Å². The third-order valence-electron chi connectivity index (χ3n) is 3.38. The van der Waals surface area contributed by atoms with E-state index in [4.69, 9.17) is 4.74 Å². The summed E-state index contributed by atoms with van der Waals surface area (Å²) in [6.45, 7) is 5.78. The third kappa shape index (κ3) is 2.08. The fourth-order valence-electron chi connectivity index (χ4n) is 2.50. The summed E-state index contributed by atoms with van der Waals surface area (Å²) in [7, 11) is 1.79. The van der Waals surface area contributed by atoms with Crippen molar-refractivity contribution in [3.8, 4) is 0 Å². The highest BCUT2D eigenvalue weighted by atomic mass is 16.5. The van der Waals surface area contributed by atoms with Crippen LogP contribution < -0.4 is 4.90 Å². The number of nitrogens with zero attached hydrogens (tertiary/aromatic N) is 3. The van der Waals surface area contributed by atoms with Crippen molar-refractivity contribution in [3.63, 3.8) is 0 Å². The number of morpholine rings is 1. The molecule has 0 aliphatic carbocycles. The van der Waals surface area contributed by atoms with Crippen molar-refractivity contribution in [1.29, 1.82) is 0 Å². The summed E-state index contributed by atoms with van der Waals surface area (Å²) in [5, 5.41) is 13.6. The SMILES string of the molecule is CCC1COCCN1c1c(C(=O)O)c(C)nn1C. The first kappa shape index (κ1) is 12.9. The molecule has 1 aromatic heterocycles. The molecule has 2 heterocycles. The second-order valence-electron chi connectivity index (χ2n) is 4.54. The molecule has 2 rings (SSSR count). The van der Waals surface area contributed by atoms with E-state index in [1.807, 2.05) is 0 Å². The van der Waals surface area contributed by atoms with Gasteiger partial charge < -0.3 is 14.7 Å². The van der Waals surface area contributed by atoms with Crippen molar-refractivity contribution in [2.45, 2.75) is 26.3 Å². The number of carbonyl (C=O) groups is 1. The van der Waals surface area contributed by atoms with Crippen LogP contribution in [0.2, 0.25) is 0 Å². The Kier molecular flexibility index (Phi) is 3.56. The van der Waals surface area contributed by atoms with Crippen LogP contribution in [0.5, 0.6) is 0 Å². The van der Waals surface area contributed by atoms with Crippen LogP contribution in [0, 0.1) is 6.92 Å². The summed E-state index contributed by atoms with van der Waals surface area (Å²) in [5.74, 6) is -0.230. The van der Waals surface area contributed by atoms with E-state index in [2.05, 4.69) is 16.9 Å². The van der Waals surface area contributed by atoms with Gasteiger partial charge in [-0.05, 0) is 13.3 Å². The second kappa shape index (κ2) is 4.97. The minimum absolute atomic E-state index is 0.214. The number of aryl methyl sites for hydroxylation is 2. The summed E-state index contributed by atoms with van der Waals surface area (Å²) in [6, 6.07) is 0.214. The highest BCUT2D eigenvalue weighted by molar-refractivity contribution is 5.95. The van der Waals surface area contributed by atoms with Gasteiger partial charge in [0.25, 0.3) is 0 Å². The molecule has 0 amide bonds. The lowest BCUT2D eigenvalue weighted by molar-refractivity contribution is 0.0693. The van der Waals surface area contributed by atoms with Crippen LogP contribution in [0.25, 0.3) is 0 Å². The summed E-state index contributed by atoms with van der Waals surface area (Å²) in [6.07, 6.45) is 0.920. The van der Waals surface area contributed by atoms with Gasteiger partial charge in [-0.1, -0.05) is 6.92 Å². The lowest BCUT2D eigenvalue weighted by Crippen LogP contribution is -2.46. The molecule has 0 bridgehead atoms. The molecule has 1 aliphatic rings. The average molecular weight is 253 g/mol. The highest BCUT2D eigenvalue weighted by Gasteiger charge is 2.30. The van der Waals surface area contributed by atoms with Crippen LogP contribution in [-0.4, -0.2) is 46.7 Å². The third-order valence-corrected chi connectivity index (χ3v) is 3.38. The zero-order valence-electron chi connectivity index (χ0n) is 11.0. The molecule has 1 aromatic rings. The van der Waals surface area contributed by atoms with Gasteiger partial charge >= 0.3 is 5.97 Å². The molecular weight excluding hydrogens is 234 g/mol.